The van der Waals surface area contributed by atoms with Crippen LogP contribution in [0.4, 0.5) is 0 Å². The predicted octanol–water partition coefficient (Wildman–Crippen LogP) is 3.04. The molecule has 1 aromatic rings. The van der Waals surface area contributed by atoms with Crippen molar-refractivity contribution in [2.24, 2.45) is 11.1 Å². The molecule has 0 heterocycles. The number of hydrogen-bond acceptors (Lipinski definition) is 3. The fourth-order valence-corrected chi connectivity index (χ4v) is 3.40. The molecule has 1 saturated carbocycles. The second kappa shape index (κ2) is 7.09. The second-order valence-electron chi connectivity index (χ2n) is 6.29. The molecule has 0 bridgehead atoms. The van der Waals surface area contributed by atoms with E-state index >= 15 is 0 Å². The van der Waals surface area contributed by atoms with Gasteiger partial charge in [-0.25, -0.2) is 0 Å². The van der Waals surface area contributed by atoms with E-state index in [2.05, 4.69) is 24.1 Å². The quantitative estimate of drug-likeness (QED) is 0.868. The normalized spacial score (nSPS) is 18.2. The number of hydrogen-bond donors (Lipinski definition) is 1. The van der Waals surface area contributed by atoms with Crippen molar-refractivity contribution in [2.75, 3.05) is 27.2 Å². The van der Waals surface area contributed by atoms with Crippen LogP contribution in [-0.4, -0.2) is 32.1 Å². The zero-order valence-corrected chi connectivity index (χ0v) is 12.9. The molecule has 0 aliphatic heterocycles. The van der Waals surface area contributed by atoms with Crippen LogP contribution in [0.2, 0.25) is 0 Å². The van der Waals surface area contributed by atoms with Gasteiger partial charge >= 0.3 is 0 Å². The third kappa shape index (κ3) is 3.97. The number of ether oxygens (including phenoxy) is 1. The number of rotatable bonds is 6. The number of benzene rings is 1. The lowest BCUT2D eigenvalue weighted by atomic mass is 9.73. The highest BCUT2D eigenvalue weighted by Crippen LogP contribution is 2.36. The molecule has 2 rings (SSSR count). The summed E-state index contributed by atoms with van der Waals surface area (Å²) in [4.78, 5) is 2.42. The molecule has 2 N–H and O–H groups in total. The standard InChI is InChI=1S/C17H28N2O/c1-19(12-15-6-8-16(20-2)9-7-15)14-17(13-18)10-4-3-5-11-17/h6-9H,3-5,10-14,18H2,1-2H3. The maximum absolute atomic E-state index is 6.07. The minimum absolute atomic E-state index is 0.347. The summed E-state index contributed by atoms with van der Waals surface area (Å²) < 4.78 is 5.20. The Labute approximate surface area is 123 Å². The summed E-state index contributed by atoms with van der Waals surface area (Å²) in [6.07, 6.45) is 6.64. The van der Waals surface area contributed by atoms with E-state index in [9.17, 15) is 0 Å². The van der Waals surface area contributed by atoms with E-state index < -0.39 is 0 Å². The van der Waals surface area contributed by atoms with Crippen molar-refractivity contribution >= 4 is 0 Å². The first-order valence-corrected chi connectivity index (χ1v) is 7.69. The van der Waals surface area contributed by atoms with Crippen molar-refractivity contribution in [3.05, 3.63) is 29.8 Å². The minimum atomic E-state index is 0.347. The van der Waals surface area contributed by atoms with E-state index in [1.165, 1.54) is 37.7 Å². The fraction of sp³-hybridized carbons (Fsp3) is 0.647. The van der Waals surface area contributed by atoms with Crippen molar-refractivity contribution in [2.45, 2.75) is 38.6 Å². The Morgan fingerprint density at radius 3 is 2.35 bits per heavy atom. The zero-order chi connectivity index (χ0) is 14.4. The summed E-state index contributed by atoms with van der Waals surface area (Å²) in [5.41, 5.74) is 7.75. The molecule has 3 nitrogen and oxygen atoms in total. The summed E-state index contributed by atoms with van der Waals surface area (Å²) >= 11 is 0. The first-order chi connectivity index (χ1) is 9.67. The highest BCUT2D eigenvalue weighted by Gasteiger charge is 2.31. The van der Waals surface area contributed by atoms with Crippen molar-refractivity contribution in [3.8, 4) is 5.75 Å². The fourth-order valence-electron chi connectivity index (χ4n) is 3.40. The van der Waals surface area contributed by atoms with Gasteiger partial charge in [-0.3, -0.25) is 0 Å². The maximum Gasteiger partial charge on any atom is 0.118 e. The molecule has 0 aromatic heterocycles. The van der Waals surface area contributed by atoms with Crippen LogP contribution in [-0.2, 0) is 6.54 Å². The molecule has 3 heteroatoms. The van der Waals surface area contributed by atoms with Crippen molar-refractivity contribution in [3.63, 3.8) is 0 Å². The molecule has 0 amide bonds. The summed E-state index contributed by atoms with van der Waals surface area (Å²) in [7, 11) is 3.91. The van der Waals surface area contributed by atoms with Gasteiger partial charge in [0.25, 0.3) is 0 Å². The lowest BCUT2D eigenvalue weighted by molar-refractivity contribution is 0.124. The SMILES string of the molecule is COc1ccc(CN(C)CC2(CN)CCCCC2)cc1. The van der Waals surface area contributed by atoms with Gasteiger partial charge in [-0.05, 0) is 49.5 Å². The largest absolute Gasteiger partial charge is 0.497 e. The van der Waals surface area contributed by atoms with Gasteiger partial charge in [-0.1, -0.05) is 31.4 Å². The van der Waals surface area contributed by atoms with Gasteiger partial charge in [0.15, 0.2) is 0 Å². The van der Waals surface area contributed by atoms with Gasteiger partial charge < -0.3 is 15.4 Å². The van der Waals surface area contributed by atoms with E-state index in [4.69, 9.17) is 10.5 Å². The van der Waals surface area contributed by atoms with Crippen molar-refractivity contribution in [1.29, 1.82) is 0 Å². The summed E-state index contributed by atoms with van der Waals surface area (Å²) in [6.45, 7) is 2.90. The van der Waals surface area contributed by atoms with Crippen molar-refractivity contribution in [1.82, 2.24) is 4.90 Å². The highest BCUT2D eigenvalue weighted by molar-refractivity contribution is 5.27. The number of nitrogens with zero attached hydrogens (tertiary/aromatic N) is 1. The topological polar surface area (TPSA) is 38.5 Å². The number of methoxy groups -OCH3 is 1. The van der Waals surface area contributed by atoms with Gasteiger partial charge in [0.05, 0.1) is 7.11 Å². The molecule has 112 valence electrons. The Kier molecular flexibility index (Phi) is 5.44. The molecule has 1 aliphatic carbocycles. The number of nitrogens with two attached hydrogens (primary N) is 1. The third-order valence-corrected chi connectivity index (χ3v) is 4.56. The van der Waals surface area contributed by atoms with Crippen LogP contribution in [0.5, 0.6) is 5.75 Å². The van der Waals surface area contributed by atoms with Crippen LogP contribution >= 0.6 is 0 Å². The van der Waals surface area contributed by atoms with Crippen LogP contribution < -0.4 is 10.5 Å². The highest BCUT2D eigenvalue weighted by atomic mass is 16.5. The minimum Gasteiger partial charge on any atom is -0.497 e. The van der Waals surface area contributed by atoms with E-state index in [0.717, 1.165) is 25.4 Å². The summed E-state index contributed by atoms with van der Waals surface area (Å²) in [5, 5.41) is 0. The van der Waals surface area contributed by atoms with Crippen LogP contribution in [0, 0.1) is 5.41 Å². The van der Waals surface area contributed by atoms with Gasteiger partial charge in [0.2, 0.25) is 0 Å². The monoisotopic (exact) mass is 276 g/mol. The predicted molar refractivity (Wildman–Crippen MR) is 83.9 cm³/mol. The third-order valence-electron chi connectivity index (χ3n) is 4.56. The van der Waals surface area contributed by atoms with Crippen LogP contribution in [0.1, 0.15) is 37.7 Å². The average Bonchev–Trinajstić information content (AvgIpc) is 2.49. The maximum atomic E-state index is 6.07. The molecule has 1 aliphatic rings. The van der Waals surface area contributed by atoms with E-state index in [0.29, 0.717) is 5.41 Å². The Morgan fingerprint density at radius 1 is 1.15 bits per heavy atom. The molecular formula is C17H28N2O. The smallest absolute Gasteiger partial charge is 0.118 e. The Hall–Kier alpha value is -1.06. The van der Waals surface area contributed by atoms with Gasteiger partial charge in [-0.2, -0.15) is 0 Å². The first kappa shape index (κ1) is 15.3. The zero-order valence-electron chi connectivity index (χ0n) is 12.9. The summed E-state index contributed by atoms with van der Waals surface area (Å²) in [5.74, 6) is 0.919. The lowest BCUT2D eigenvalue weighted by Crippen LogP contribution is -2.42. The van der Waals surface area contributed by atoms with E-state index in [1.807, 2.05) is 12.1 Å². The molecule has 0 unspecified atom stereocenters. The summed E-state index contributed by atoms with van der Waals surface area (Å²) in [6, 6.07) is 8.35. The molecule has 20 heavy (non-hydrogen) atoms. The van der Waals surface area contributed by atoms with Crippen LogP contribution in [0.25, 0.3) is 0 Å². The molecule has 0 radical (unpaired) electrons. The lowest BCUT2D eigenvalue weighted by Gasteiger charge is -2.39. The van der Waals surface area contributed by atoms with Crippen molar-refractivity contribution < 1.29 is 4.74 Å². The van der Waals surface area contributed by atoms with Crippen LogP contribution in [0.15, 0.2) is 24.3 Å². The van der Waals surface area contributed by atoms with Crippen LogP contribution in [0.3, 0.4) is 0 Å². The van der Waals surface area contributed by atoms with E-state index in [1.54, 1.807) is 7.11 Å². The molecule has 1 fully saturated rings. The molecule has 1 aromatic carbocycles. The molecular weight excluding hydrogens is 248 g/mol. The molecule has 0 spiro atoms. The molecule has 0 atom stereocenters. The van der Waals surface area contributed by atoms with Gasteiger partial charge in [0, 0.05) is 13.1 Å². The Morgan fingerprint density at radius 2 is 1.80 bits per heavy atom. The Bertz CT molecular complexity index is 396. The Balaban J connectivity index is 1.91. The van der Waals surface area contributed by atoms with Gasteiger partial charge in [-0.15, -0.1) is 0 Å². The first-order valence-electron chi connectivity index (χ1n) is 7.69. The average molecular weight is 276 g/mol. The molecule has 0 saturated heterocycles. The second-order valence-corrected chi connectivity index (χ2v) is 6.29. The van der Waals surface area contributed by atoms with E-state index in [-0.39, 0.29) is 0 Å². The van der Waals surface area contributed by atoms with Gasteiger partial charge in [0.1, 0.15) is 5.75 Å².